The van der Waals surface area contributed by atoms with E-state index >= 15 is 0 Å². The molecule has 0 N–H and O–H groups in total. The van der Waals surface area contributed by atoms with Crippen LogP contribution in [0.1, 0.15) is 5.56 Å². The van der Waals surface area contributed by atoms with Gasteiger partial charge in [0.2, 0.25) is 6.08 Å². The monoisotopic (exact) mass is 191 g/mol. The molecule has 0 fully saturated rings. The quantitative estimate of drug-likeness (QED) is 0.444. The summed E-state index contributed by atoms with van der Waals surface area (Å²) in [5, 5.41) is 0. The highest BCUT2D eigenvalue weighted by Crippen LogP contribution is 2.19. The van der Waals surface area contributed by atoms with Crippen molar-refractivity contribution in [1.29, 1.82) is 0 Å². The maximum absolute atomic E-state index is 10.1. The number of thiol groups is 1. The Morgan fingerprint density at radius 1 is 1.46 bits per heavy atom. The number of nitrogens with zero attached hydrogens (tertiary/aromatic N) is 1. The van der Waals surface area contributed by atoms with Crippen molar-refractivity contribution in [1.82, 2.24) is 0 Å². The lowest BCUT2D eigenvalue weighted by molar-refractivity contribution is 0.565. The van der Waals surface area contributed by atoms with Crippen molar-refractivity contribution < 1.29 is 4.79 Å². The SMILES string of the molecule is O=C=Nc1ccccc1C=CCS. The summed E-state index contributed by atoms with van der Waals surface area (Å²) >= 11 is 4.04. The van der Waals surface area contributed by atoms with Gasteiger partial charge in [-0.2, -0.15) is 17.6 Å². The molecule has 1 aromatic carbocycles. The number of hydrogen-bond acceptors (Lipinski definition) is 3. The molecule has 3 heteroatoms. The molecule has 66 valence electrons. The normalized spacial score (nSPS) is 9.92. The Bertz CT molecular complexity index is 354. The third-order valence-corrected chi connectivity index (χ3v) is 1.72. The summed E-state index contributed by atoms with van der Waals surface area (Å²) in [6, 6.07) is 7.37. The summed E-state index contributed by atoms with van der Waals surface area (Å²) in [5.74, 6) is 0.666. The number of carbonyl (C=O) groups excluding carboxylic acids is 1. The molecule has 0 unspecified atom stereocenters. The van der Waals surface area contributed by atoms with Crippen LogP contribution in [0, 0.1) is 0 Å². The van der Waals surface area contributed by atoms with E-state index in [2.05, 4.69) is 17.6 Å². The lowest BCUT2D eigenvalue weighted by Gasteiger charge is -1.96. The standard InChI is InChI=1S/C10H9NOS/c12-8-11-10-6-2-1-4-9(10)5-3-7-13/h1-6,13H,7H2. The number of benzene rings is 1. The Labute approximate surface area is 82.4 Å². The third-order valence-electron chi connectivity index (χ3n) is 1.51. The Morgan fingerprint density at radius 2 is 2.23 bits per heavy atom. The number of hydrogen-bond donors (Lipinski definition) is 1. The van der Waals surface area contributed by atoms with Crippen LogP contribution in [-0.2, 0) is 4.79 Å². The molecule has 0 spiro atoms. The van der Waals surface area contributed by atoms with E-state index in [0.29, 0.717) is 11.4 Å². The molecule has 0 radical (unpaired) electrons. The van der Waals surface area contributed by atoms with Crippen molar-refractivity contribution in [3.63, 3.8) is 0 Å². The highest BCUT2D eigenvalue weighted by molar-refractivity contribution is 7.80. The summed E-state index contributed by atoms with van der Waals surface area (Å²) < 4.78 is 0. The van der Waals surface area contributed by atoms with Gasteiger partial charge in [0, 0.05) is 11.3 Å². The van der Waals surface area contributed by atoms with Gasteiger partial charge in [-0.25, -0.2) is 4.79 Å². The zero-order chi connectivity index (χ0) is 9.52. The molecule has 1 aromatic rings. The topological polar surface area (TPSA) is 29.4 Å². The highest BCUT2D eigenvalue weighted by Gasteiger charge is 1.94. The van der Waals surface area contributed by atoms with Gasteiger partial charge in [-0.3, -0.25) is 0 Å². The van der Waals surface area contributed by atoms with E-state index < -0.39 is 0 Å². The molecular weight excluding hydrogens is 182 g/mol. The van der Waals surface area contributed by atoms with Crippen molar-refractivity contribution in [3.05, 3.63) is 35.9 Å². The Hall–Kier alpha value is -1.31. The molecule has 0 bridgehead atoms. The zero-order valence-electron chi connectivity index (χ0n) is 6.97. The van der Waals surface area contributed by atoms with E-state index in [4.69, 9.17) is 0 Å². The van der Waals surface area contributed by atoms with Crippen molar-refractivity contribution >= 4 is 30.5 Å². The minimum Gasteiger partial charge on any atom is -0.211 e. The molecule has 0 aliphatic rings. The first-order chi connectivity index (χ1) is 6.38. The zero-order valence-corrected chi connectivity index (χ0v) is 7.87. The minimum atomic E-state index is 0.635. The van der Waals surface area contributed by atoms with Crippen LogP contribution >= 0.6 is 12.6 Å². The van der Waals surface area contributed by atoms with Crippen LogP contribution in [0.15, 0.2) is 35.3 Å². The van der Waals surface area contributed by atoms with Crippen LogP contribution in [0.2, 0.25) is 0 Å². The van der Waals surface area contributed by atoms with Crippen LogP contribution in [0.5, 0.6) is 0 Å². The number of isocyanates is 1. The fourth-order valence-corrected chi connectivity index (χ4v) is 1.06. The van der Waals surface area contributed by atoms with Gasteiger partial charge in [0.15, 0.2) is 0 Å². The maximum Gasteiger partial charge on any atom is 0.240 e. The Balaban J connectivity index is 3.04. The second-order valence-corrected chi connectivity index (χ2v) is 2.71. The van der Waals surface area contributed by atoms with Gasteiger partial charge in [-0.05, 0) is 6.07 Å². The molecule has 0 atom stereocenters. The van der Waals surface area contributed by atoms with Crippen LogP contribution < -0.4 is 0 Å². The molecule has 0 aliphatic carbocycles. The molecule has 1 rings (SSSR count). The van der Waals surface area contributed by atoms with E-state index in [-0.39, 0.29) is 0 Å². The predicted molar refractivity (Wildman–Crippen MR) is 57.1 cm³/mol. The first-order valence-electron chi connectivity index (χ1n) is 3.83. The van der Waals surface area contributed by atoms with Crippen molar-refractivity contribution in [2.75, 3.05) is 5.75 Å². The van der Waals surface area contributed by atoms with Gasteiger partial charge in [-0.1, -0.05) is 30.4 Å². The van der Waals surface area contributed by atoms with E-state index in [1.165, 1.54) is 6.08 Å². The maximum atomic E-state index is 10.1. The number of para-hydroxylation sites is 1. The van der Waals surface area contributed by atoms with E-state index in [1.54, 1.807) is 6.07 Å². The summed E-state index contributed by atoms with van der Waals surface area (Å²) in [6.07, 6.45) is 5.29. The van der Waals surface area contributed by atoms with Crippen LogP contribution in [0.25, 0.3) is 6.08 Å². The van der Waals surface area contributed by atoms with Gasteiger partial charge in [0.25, 0.3) is 0 Å². The lowest BCUT2D eigenvalue weighted by Crippen LogP contribution is -1.73. The van der Waals surface area contributed by atoms with Crippen LogP contribution in [-0.4, -0.2) is 11.8 Å². The van der Waals surface area contributed by atoms with E-state index in [1.807, 2.05) is 30.4 Å². The molecule has 2 nitrogen and oxygen atoms in total. The molecule has 13 heavy (non-hydrogen) atoms. The van der Waals surface area contributed by atoms with Crippen molar-refractivity contribution in [2.24, 2.45) is 4.99 Å². The van der Waals surface area contributed by atoms with Crippen molar-refractivity contribution in [3.8, 4) is 0 Å². The van der Waals surface area contributed by atoms with Gasteiger partial charge in [0.1, 0.15) is 0 Å². The molecule has 0 aromatic heterocycles. The number of rotatable bonds is 3. The average molecular weight is 191 g/mol. The van der Waals surface area contributed by atoms with Gasteiger partial charge in [0.05, 0.1) is 5.69 Å². The van der Waals surface area contributed by atoms with Gasteiger partial charge in [-0.15, -0.1) is 0 Å². The summed E-state index contributed by atoms with van der Waals surface area (Å²) in [7, 11) is 0. The van der Waals surface area contributed by atoms with Gasteiger partial charge < -0.3 is 0 Å². The Morgan fingerprint density at radius 3 is 2.92 bits per heavy atom. The molecule has 0 amide bonds. The van der Waals surface area contributed by atoms with Gasteiger partial charge >= 0.3 is 0 Å². The first kappa shape index (κ1) is 9.78. The Kier molecular flexibility index (Phi) is 4.03. The molecule has 0 saturated heterocycles. The second kappa shape index (κ2) is 5.36. The fourth-order valence-electron chi connectivity index (χ4n) is 0.959. The number of aliphatic imine (C=N–C) groups is 1. The summed E-state index contributed by atoms with van der Waals surface area (Å²) in [4.78, 5) is 13.6. The first-order valence-corrected chi connectivity index (χ1v) is 4.46. The average Bonchev–Trinajstić information content (AvgIpc) is 2.17. The fraction of sp³-hybridized carbons (Fsp3) is 0.100. The summed E-state index contributed by atoms with van der Waals surface area (Å²) in [5.41, 5.74) is 1.54. The van der Waals surface area contributed by atoms with Crippen LogP contribution in [0.4, 0.5) is 5.69 Å². The molecule has 0 saturated carbocycles. The second-order valence-electron chi connectivity index (χ2n) is 2.35. The van der Waals surface area contributed by atoms with E-state index in [0.717, 1.165) is 5.56 Å². The minimum absolute atomic E-state index is 0.635. The highest BCUT2D eigenvalue weighted by atomic mass is 32.1. The lowest BCUT2D eigenvalue weighted by atomic mass is 10.2. The van der Waals surface area contributed by atoms with E-state index in [9.17, 15) is 4.79 Å². The molecular formula is C10H9NOS. The molecule has 0 heterocycles. The largest absolute Gasteiger partial charge is 0.240 e. The summed E-state index contributed by atoms with van der Waals surface area (Å²) in [6.45, 7) is 0. The third kappa shape index (κ3) is 2.90. The van der Waals surface area contributed by atoms with Crippen molar-refractivity contribution in [2.45, 2.75) is 0 Å². The molecule has 0 aliphatic heterocycles. The smallest absolute Gasteiger partial charge is 0.211 e. The predicted octanol–water partition coefficient (Wildman–Crippen LogP) is 2.60. The van der Waals surface area contributed by atoms with Crippen LogP contribution in [0.3, 0.4) is 0 Å².